The number of hydrogen-bond acceptors (Lipinski definition) is 15. The highest BCUT2D eigenvalue weighted by atomic mass is 31.2. The Labute approximate surface area is 638 Å². The van der Waals surface area contributed by atoms with E-state index in [2.05, 4.69) is 34.6 Å². The minimum atomic E-state index is -4.96. The third-order valence-corrected chi connectivity index (χ3v) is 21.9. The first-order valence-corrected chi connectivity index (χ1v) is 47.1. The second kappa shape index (κ2) is 77.8. The van der Waals surface area contributed by atoms with Crippen LogP contribution in [0.5, 0.6) is 0 Å². The van der Waals surface area contributed by atoms with Crippen LogP contribution in [0.2, 0.25) is 0 Å². The minimum absolute atomic E-state index is 0.108. The van der Waals surface area contributed by atoms with Crippen molar-refractivity contribution in [3.8, 4) is 0 Å². The van der Waals surface area contributed by atoms with Crippen LogP contribution in [0.1, 0.15) is 458 Å². The number of aliphatic hydroxyl groups excluding tert-OH is 1. The highest BCUT2D eigenvalue weighted by Gasteiger charge is 2.30. The number of esters is 4. The van der Waals surface area contributed by atoms with Crippen molar-refractivity contribution in [3.63, 3.8) is 0 Å². The molecule has 0 heterocycles. The van der Waals surface area contributed by atoms with Crippen molar-refractivity contribution < 1.29 is 80.2 Å². The number of phosphoric acid groups is 2. The van der Waals surface area contributed by atoms with Gasteiger partial charge in [0.25, 0.3) is 0 Å². The largest absolute Gasteiger partial charge is 0.472 e. The van der Waals surface area contributed by atoms with Gasteiger partial charge in [-0.25, -0.2) is 9.13 Å². The van der Waals surface area contributed by atoms with Crippen LogP contribution in [-0.2, 0) is 65.4 Å². The molecule has 0 amide bonds. The molecule has 0 saturated heterocycles. The molecule has 0 bridgehead atoms. The van der Waals surface area contributed by atoms with Gasteiger partial charge in [-0.05, 0) is 31.6 Å². The van der Waals surface area contributed by atoms with E-state index in [9.17, 15) is 43.2 Å². The van der Waals surface area contributed by atoms with Crippen molar-refractivity contribution in [2.24, 2.45) is 5.92 Å². The van der Waals surface area contributed by atoms with E-state index in [1.54, 1.807) is 0 Å². The van der Waals surface area contributed by atoms with Gasteiger partial charge < -0.3 is 33.8 Å². The molecule has 19 heteroatoms. The summed E-state index contributed by atoms with van der Waals surface area (Å²) in [7, 11) is -9.92. The van der Waals surface area contributed by atoms with Crippen LogP contribution in [0.4, 0.5) is 0 Å². The van der Waals surface area contributed by atoms with E-state index < -0.39 is 97.5 Å². The lowest BCUT2D eigenvalue weighted by Gasteiger charge is -2.21. The Morgan fingerprint density at radius 1 is 0.260 bits per heavy atom. The quantitative estimate of drug-likeness (QED) is 0.0222. The van der Waals surface area contributed by atoms with E-state index in [1.165, 1.54) is 283 Å². The van der Waals surface area contributed by atoms with Gasteiger partial charge in [0.15, 0.2) is 12.2 Å². The molecule has 0 aliphatic rings. The molecule has 618 valence electrons. The molecule has 104 heavy (non-hydrogen) atoms. The molecule has 0 rings (SSSR count). The Kier molecular flexibility index (Phi) is 76.3. The highest BCUT2D eigenvalue weighted by Crippen LogP contribution is 2.45. The van der Waals surface area contributed by atoms with Crippen LogP contribution >= 0.6 is 15.6 Å². The van der Waals surface area contributed by atoms with Crippen molar-refractivity contribution >= 4 is 39.5 Å². The number of aliphatic hydroxyl groups is 1. The molecular weight excluding hydrogens is 1350 g/mol. The number of phosphoric ester groups is 2. The lowest BCUT2D eigenvalue weighted by molar-refractivity contribution is -0.161. The fraction of sp³-hybridized carbons (Fsp3) is 0.953. The predicted molar refractivity (Wildman–Crippen MR) is 428 cm³/mol. The molecule has 0 radical (unpaired) electrons. The minimum Gasteiger partial charge on any atom is -0.462 e. The molecule has 0 aromatic rings. The summed E-state index contributed by atoms with van der Waals surface area (Å²) >= 11 is 0. The molecule has 0 fully saturated rings. The molecule has 0 aromatic carbocycles. The monoisotopic (exact) mass is 1520 g/mol. The Morgan fingerprint density at radius 3 is 0.654 bits per heavy atom. The maximum Gasteiger partial charge on any atom is 0.472 e. The summed E-state index contributed by atoms with van der Waals surface area (Å²) in [5, 5.41) is 10.7. The van der Waals surface area contributed by atoms with Crippen LogP contribution in [-0.4, -0.2) is 96.7 Å². The first kappa shape index (κ1) is 102. The Hall–Kier alpha value is -1.94. The molecule has 0 saturated carbocycles. The molecule has 0 aliphatic heterocycles. The number of unbranched alkanes of at least 4 members (excludes halogenated alkanes) is 57. The van der Waals surface area contributed by atoms with E-state index >= 15 is 0 Å². The van der Waals surface area contributed by atoms with E-state index in [-0.39, 0.29) is 25.7 Å². The summed E-state index contributed by atoms with van der Waals surface area (Å²) in [6.45, 7) is 7.34. The average Bonchev–Trinajstić information content (AvgIpc) is 0.922. The van der Waals surface area contributed by atoms with Crippen LogP contribution in [0, 0.1) is 5.92 Å². The SMILES string of the molecule is CCCCCCCCCCCCCCCCCCCCCCCCC(=O)O[C@H](COC(=O)CCCCCCCCCCCCCCCCCCC)COP(=O)(O)OC[C@@H](O)COP(=O)(O)OC[C@@H](COC(=O)CCCCCCCCCCCC(C)C)OC(=O)CCCCCCCCCCCCCCC. The lowest BCUT2D eigenvalue weighted by atomic mass is 10.0. The van der Waals surface area contributed by atoms with Gasteiger partial charge in [0.05, 0.1) is 26.4 Å². The molecule has 0 aliphatic carbocycles. The lowest BCUT2D eigenvalue weighted by Crippen LogP contribution is -2.30. The third-order valence-electron chi connectivity index (χ3n) is 20.0. The maximum absolute atomic E-state index is 13.1. The summed E-state index contributed by atoms with van der Waals surface area (Å²) < 4.78 is 68.9. The van der Waals surface area contributed by atoms with Gasteiger partial charge in [-0.1, -0.05) is 407 Å². The summed E-state index contributed by atoms with van der Waals surface area (Å²) in [5.74, 6) is -1.36. The summed E-state index contributed by atoms with van der Waals surface area (Å²) in [5.41, 5.74) is 0. The van der Waals surface area contributed by atoms with Crippen LogP contribution < -0.4 is 0 Å². The van der Waals surface area contributed by atoms with Crippen molar-refractivity contribution in [1.82, 2.24) is 0 Å². The van der Waals surface area contributed by atoms with Gasteiger partial charge >= 0.3 is 39.5 Å². The molecule has 0 spiro atoms. The number of ether oxygens (including phenoxy) is 4. The van der Waals surface area contributed by atoms with E-state index in [1.807, 2.05) is 0 Å². The molecular formula is C85H166O17P2. The van der Waals surface area contributed by atoms with Crippen molar-refractivity contribution in [3.05, 3.63) is 0 Å². The molecule has 3 N–H and O–H groups in total. The number of rotatable bonds is 85. The number of carbonyl (C=O) groups is 4. The molecule has 5 atom stereocenters. The van der Waals surface area contributed by atoms with Gasteiger partial charge in [0.2, 0.25) is 0 Å². The van der Waals surface area contributed by atoms with Gasteiger partial charge in [-0.2, -0.15) is 0 Å². The zero-order valence-electron chi connectivity index (χ0n) is 68.2. The zero-order chi connectivity index (χ0) is 76.2. The van der Waals surface area contributed by atoms with Crippen molar-refractivity contribution in [2.75, 3.05) is 39.6 Å². The molecule has 17 nitrogen and oxygen atoms in total. The Bertz CT molecular complexity index is 1980. The first-order chi connectivity index (χ1) is 50.5. The van der Waals surface area contributed by atoms with Crippen LogP contribution in [0.25, 0.3) is 0 Å². The second-order valence-corrected chi connectivity index (χ2v) is 34.0. The summed E-state index contributed by atoms with van der Waals surface area (Å²) in [4.78, 5) is 73.2. The Balaban J connectivity index is 5.22. The normalized spacial score (nSPS) is 13.8. The van der Waals surface area contributed by atoms with E-state index in [0.717, 1.165) is 95.8 Å². The average molecular weight is 1520 g/mol. The van der Waals surface area contributed by atoms with E-state index in [4.69, 9.17) is 37.0 Å². The smallest absolute Gasteiger partial charge is 0.462 e. The predicted octanol–water partition coefficient (Wildman–Crippen LogP) is 26.0. The van der Waals surface area contributed by atoms with Crippen LogP contribution in [0.3, 0.4) is 0 Å². The standard InChI is InChI=1S/C85H166O17P2/c1-6-9-12-15-18-21-24-27-29-31-32-33-34-35-37-39-42-45-50-56-61-66-71-85(90)101-80(74-95-82(87)68-63-58-53-48-43-41-38-36-30-28-25-22-19-16-13-10-7-2)76-99-103(91,92)97-72-79(86)73-98-104(93,94)100-77-81(75-96-83(88)69-64-59-54-51-46-47-52-57-62-67-78(4)5)102-84(89)70-65-60-55-49-44-40-26-23-20-17-14-11-8-3/h78-81,86H,6-77H2,1-5H3,(H,91,92)(H,93,94)/t79-,80-,81-/m1/s1. The van der Waals surface area contributed by atoms with E-state index in [0.29, 0.717) is 25.7 Å². The number of carbonyl (C=O) groups excluding carboxylic acids is 4. The molecule has 2 unspecified atom stereocenters. The second-order valence-electron chi connectivity index (χ2n) is 31.1. The summed E-state index contributed by atoms with van der Waals surface area (Å²) in [6.07, 6.45) is 70.9. The van der Waals surface area contributed by atoms with Gasteiger partial charge in [0, 0.05) is 25.7 Å². The van der Waals surface area contributed by atoms with Crippen molar-refractivity contribution in [2.45, 2.75) is 477 Å². The van der Waals surface area contributed by atoms with Crippen molar-refractivity contribution in [1.29, 1.82) is 0 Å². The zero-order valence-corrected chi connectivity index (χ0v) is 70.0. The van der Waals surface area contributed by atoms with Gasteiger partial charge in [-0.3, -0.25) is 37.3 Å². The maximum atomic E-state index is 13.1. The Morgan fingerprint density at radius 2 is 0.442 bits per heavy atom. The third kappa shape index (κ3) is 78.2. The van der Waals surface area contributed by atoms with Crippen LogP contribution in [0.15, 0.2) is 0 Å². The fourth-order valence-corrected chi connectivity index (χ4v) is 14.9. The summed E-state index contributed by atoms with van der Waals surface area (Å²) in [6, 6.07) is 0. The topological polar surface area (TPSA) is 237 Å². The first-order valence-electron chi connectivity index (χ1n) is 44.1. The highest BCUT2D eigenvalue weighted by molar-refractivity contribution is 7.47. The van der Waals surface area contributed by atoms with Gasteiger partial charge in [-0.15, -0.1) is 0 Å². The fourth-order valence-electron chi connectivity index (χ4n) is 13.3. The van der Waals surface area contributed by atoms with Gasteiger partial charge in [0.1, 0.15) is 19.3 Å². The number of hydrogen-bond donors (Lipinski definition) is 3. The molecule has 0 aromatic heterocycles.